The van der Waals surface area contributed by atoms with Crippen LogP contribution in [0.15, 0.2) is 65.1 Å². The second-order valence-electron chi connectivity index (χ2n) is 6.66. The minimum Gasteiger partial charge on any atom is -0.493 e. The quantitative estimate of drug-likeness (QED) is 0.338. The van der Waals surface area contributed by atoms with Gasteiger partial charge in [-0.05, 0) is 66.6 Å². The molecule has 0 unspecified atom stereocenters. The lowest BCUT2D eigenvalue weighted by atomic mass is 10.1. The smallest absolute Gasteiger partial charge is 0.338 e. The fourth-order valence-corrected chi connectivity index (χ4v) is 3.58. The first-order chi connectivity index (χ1) is 15.0. The summed E-state index contributed by atoms with van der Waals surface area (Å²) in [5, 5.41) is 4.01. The van der Waals surface area contributed by atoms with E-state index in [9.17, 15) is 4.79 Å². The number of carbonyl (C=O) groups excluding carboxylic acids is 1. The molecule has 0 atom stereocenters. The van der Waals surface area contributed by atoms with Gasteiger partial charge in [0.15, 0.2) is 11.5 Å². The second kappa shape index (κ2) is 11.1. The number of rotatable bonds is 9. The fraction of sp³-hybridized carbons (Fsp3) is 0.208. The SMILES string of the molecule is CCOC(=O)c1ccc(NCc2cc(OC)c(OCc3cccc(Cl)c3)cc2Br)cc1. The number of halogens is 2. The molecule has 0 saturated carbocycles. The predicted molar refractivity (Wildman–Crippen MR) is 126 cm³/mol. The topological polar surface area (TPSA) is 56.8 Å². The van der Waals surface area contributed by atoms with Gasteiger partial charge in [-0.25, -0.2) is 4.79 Å². The van der Waals surface area contributed by atoms with Crippen molar-refractivity contribution in [3.8, 4) is 11.5 Å². The van der Waals surface area contributed by atoms with E-state index in [4.69, 9.17) is 25.8 Å². The van der Waals surface area contributed by atoms with Crippen molar-refractivity contribution in [1.82, 2.24) is 0 Å². The zero-order valence-corrected chi connectivity index (χ0v) is 19.6. The van der Waals surface area contributed by atoms with Crippen molar-refractivity contribution in [3.63, 3.8) is 0 Å². The number of ether oxygens (including phenoxy) is 3. The van der Waals surface area contributed by atoms with Gasteiger partial charge >= 0.3 is 5.97 Å². The highest BCUT2D eigenvalue weighted by atomic mass is 79.9. The van der Waals surface area contributed by atoms with Crippen LogP contribution in [0, 0.1) is 0 Å². The lowest BCUT2D eigenvalue weighted by molar-refractivity contribution is 0.0526. The maximum atomic E-state index is 11.8. The summed E-state index contributed by atoms with van der Waals surface area (Å²) in [6.07, 6.45) is 0. The minimum absolute atomic E-state index is 0.324. The largest absolute Gasteiger partial charge is 0.493 e. The molecule has 0 radical (unpaired) electrons. The molecule has 3 aromatic carbocycles. The average molecular weight is 505 g/mol. The first-order valence-electron chi connectivity index (χ1n) is 9.75. The van der Waals surface area contributed by atoms with Crippen molar-refractivity contribution in [2.45, 2.75) is 20.1 Å². The first-order valence-corrected chi connectivity index (χ1v) is 10.9. The molecular formula is C24H23BrClNO4. The summed E-state index contributed by atoms with van der Waals surface area (Å²) in [6, 6.07) is 18.5. The predicted octanol–water partition coefficient (Wildman–Crippen LogP) is 6.48. The Bertz CT molecular complexity index is 1040. The Balaban J connectivity index is 1.66. The third kappa shape index (κ3) is 6.39. The molecule has 31 heavy (non-hydrogen) atoms. The minimum atomic E-state index is -0.324. The van der Waals surface area contributed by atoms with Crippen molar-refractivity contribution < 1.29 is 19.0 Å². The highest BCUT2D eigenvalue weighted by molar-refractivity contribution is 9.10. The highest BCUT2D eigenvalue weighted by Gasteiger charge is 2.11. The normalized spacial score (nSPS) is 10.5. The van der Waals surface area contributed by atoms with E-state index in [0.29, 0.717) is 41.8 Å². The molecule has 162 valence electrons. The lowest BCUT2D eigenvalue weighted by Crippen LogP contribution is -2.05. The molecule has 0 heterocycles. The molecule has 0 spiro atoms. The number of hydrogen-bond donors (Lipinski definition) is 1. The molecular weight excluding hydrogens is 482 g/mol. The second-order valence-corrected chi connectivity index (χ2v) is 7.96. The van der Waals surface area contributed by atoms with E-state index in [1.165, 1.54) is 0 Å². The molecule has 0 saturated heterocycles. The molecule has 0 aliphatic heterocycles. The van der Waals surface area contributed by atoms with Gasteiger partial charge in [0.1, 0.15) is 6.61 Å². The Morgan fingerprint density at radius 3 is 2.52 bits per heavy atom. The summed E-state index contributed by atoms with van der Waals surface area (Å²) < 4.78 is 17.4. The molecule has 0 aromatic heterocycles. The van der Waals surface area contributed by atoms with E-state index in [-0.39, 0.29) is 5.97 Å². The van der Waals surface area contributed by atoms with Gasteiger partial charge < -0.3 is 19.5 Å². The Hall–Kier alpha value is -2.70. The van der Waals surface area contributed by atoms with Gasteiger partial charge in [0.2, 0.25) is 0 Å². The number of hydrogen-bond acceptors (Lipinski definition) is 5. The van der Waals surface area contributed by atoms with Crippen LogP contribution in [-0.2, 0) is 17.9 Å². The van der Waals surface area contributed by atoms with Crippen molar-refractivity contribution in [3.05, 3.63) is 86.8 Å². The number of carbonyl (C=O) groups is 1. The van der Waals surface area contributed by atoms with Gasteiger partial charge in [-0.2, -0.15) is 0 Å². The number of methoxy groups -OCH3 is 1. The van der Waals surface area contributed by atoms with Crippen LogP contribution < -0.4 is 14.8 Å². The van der Waals surface area contributed by atoms with E-state index in [1.807, 2.05) is 48.5 Å². The van der Waals surface area contributed by atoms with Gasteiger partial charge in [-0.1, -0.05) is 39.7 Å². The summed E-state index contributed by atoms with van der Waals surface area (Å²) in [4.78, 5) is 11.8. The maximum Gasteiger partial charge on any atom is 0.338 e. The molecule has 7 heteroatoms. The molecule has 3 rings (SSSR count). The monoisotopic (exact) mass is 503 g/mol. The molecule has 0 amide bonds. The van der Waals surface area contributed by atoms with Crippen molar-refractivity contribution >= 4 is 39.2 Å². The third-order valence-corrected chi connectivity index (χ3v) is 5.47. The van der Waals surface area contributed by atoms with Crippen LogP contribution in [0.1, 0.15) is 28.4 Å². The molecule has 0 aliphatic rings. The molecule has 0 fully saturated rings. The van der Waals surface area contributed by atoms with E-state index in [1.54, 1.807) is 26.2 Å². The van der Waals surface area contributed by atoms with Crippen molar-refractivity contribution in [1.29, 1.82) is 0 Å². The molecule has 1 N–H and O–H groups in total. The summed E-state index contributed by atoms with van der Waals surface area (Å²) in [6.45, 7) is 3.08. The van der Waals surface area contributed by atoms with Crippen LogP contribution in [0.5, 0.6) is 11.5 Å². The summed E-state index contributed by atoms with van der Waals surface area (Å²) >= 11 is 9.65. The third-order valence-electron chi connectivity index (χ3n) is 4.50. The van der Waals surface area contributed by atoms with E-state index < -0.39 is 0 Å². The van der Waals surface area contributed by atoms with Gasteiger partial charge in [-0.3, -0.25) is 0 Å². The lowest BCUT2D eigenvalue weighted by Gasteiger charge is -2.15. The maximum absolute atomic E-state index is 11.8. The van der Waals surface area contributed by atoms with E-state index >= 15 is 0 Å². The average Bonchev–Trinajstić information content (AvgIpc) is 2.77. The summed E-state index contributed by atoms with van der Waals surface area (Å²) in [7, 11) is 1.61. The number of nitrogens with one attached hydrogen (secondary N) is 1. The van der Waals surface area contributed by atoms with Gasteiger partial charge in [0, 0.05) is 21.7 Å². The zero-order chi connectivity index (χ0) is 22.2. The van der Waals surface area contributed by atoms with Crippen LogP contribution >= 0.6 is 27.5 Å². The Morgan fingerprint density at radius 1 is 1.06 bits per heavy atom. The zero-order valence-electron chi connectivity index (χ0n) is 17.3. The van der Waals surface area contributed by atoms with Crippen LogP contribution in [0.25, 0.3) is 0 Å². The first kappa shape index (κ1) is 23.0. The van der Waals surface area contributed by atoms with Crippen molar-refractivity contribution in [2.24, 2.45) is 0 Å². The fourth-order valence-electron chi connectivity index (χ4n) is 2.91. The number of esters is 1. The molecule has 0 bridgehead atoms. The Kier molecular flexibility index (Phi) is 8.20. The van der Waals surface area contributed by atoms with Crippen LogP contribution in [-0.4, -0.2) is 19.7 Å². The summed E-state index contributed by atoms with van der Waals surface area (Å²) in [5.74, 6) is 0.950. The molecule has 0 aliphatic carbocycles. The Morgan fingerprint density at radius 2 is 1.84 bits per heavy atom. The van der Waals surface area contributed by atoms with Crippen LogP contribution in [0.4, 0.5) is 5.69 Å². The highest BCUT2D eigenvalue weighted by Crippen LogP contribution is 2.34. The van der Waals surface area contributed by atoms with Gasteiger partial charge in [0.25, 0.3) is 0 Å². The Labute approximate surface area is 195 Å². The van der Waals surface area contributed by atoms with Crippen LogP contribution in [0.3, 0.4) is 0 Å². The van der Waals surface area contributed by atoms with E-state index in [0.717, 1.165) is 21.3 Å². The number of anilines is 1. The number of benzene rings is 3. The molecule has 5 nitrogen and oxygen atoms in total. The molecule has 3 aromatic rings. The van der Waals surface area contributed by atoms with Crippen LogP contribution in [0.2, 0.25) is 5.02 Å². The van der Waals surface area contributed by atoms with Gasteiger partial charge in [0.05, 0.1) is 19.3 Å². The van der Waals surface area contributed by atoms with Crippen molar-refractivity contribution in [2.75, 3.05) is 19.0 Å². The standard InChI is InChI=1S/C24H23BrClNO4/c1-3-30-24(28)17-7-9-20(10-8-17)27-14-18-12-22(29-2)23(13-21(18)25)31-15-16-5-4-6-19(26)11-16/h4-13,27H,3,14-15H2,1-2H3. The van der Waals surface area contributed by atoms with Gasteiger partial charge in [-0.15, -0.1) is 0 Å². The summed E-state index contributed by atoms with van der Waals surface area (Å²) in [5.41, 5.74) is 3.39. The van der Waals surface area contributed by atoms with E-state index in [2.05, 4.69) is 21.2 Å².